The van der Waals surface area contributed by atoms with E-state index in [1.165, 1.54) is 29.0 Å². The smallest absolute Gasteiger partial charge is 0.150 e. The Kier molecular flexibility index (Phi) is 7.15. The SMILES string of the molecule is C=C(C=O)c1ccc(CCCNC(COCc2ccc(F)cc2)=C2CC2)cc1. The number of hydrogen-bond donors (Lipinski definition) is 1. The molecule has 0 heterocycles. The number of carbonyl (C=O) groups is 1. The molecule has 1 saturated carbocycles. The van der Waals surface area contributed by atoms with Crippen LogP contribution in [0.5, 0.6) is 0 Å². The molecular formula is C24H26FNO2. The maximum absolute atomic E-state index is 12.9. The van der Waals surface area contributed by atoms with Crippen molar-refractivity contribution in [3.63, 3.8) is 0 Å². The number of aryl methyl sites for hydroxylation is 1. The summed E-state index contributed by atoms with van der Waals surface area (Å²) >= 11 is 0. The molecule has 2 aromatic rings. The summed E-state index contributed by atoms with van der Waals surface area (Å²) in [7, 11) is 0. The van der Waals surface area contributed by atoms with Crippen LogP contribution < -0.4 is 5.32 Å². The van der Waals surface area contributed by atoms with Crippen LogP contribution in [-0.4, -0.2) is 19.4 Å². The zero-order chi connectivity index (χ0) is 19.8. The van der Waals surface area contributed by atoms with E-state index in [0.29, 0.717) is 18.8 Å². The average molecular weight is 379 g/mol. The Balaban J connectivity index is 1.38. The van der Waals surface area contributed by atoms with Crippen LogP contribution in [0.4, 0.5) is 4.39 Å². The van der Waals surface area contributed by atoms with E-state index in [2.05, 4.69) is 24.0 Å². The Hall–Kier alpha value is -2.72. The number of carbonyl (C=O) groups excluding carboxylic acids is 1. The lowest BCUT2D eigenvalue weighted by molar-refractivity contribution is -0.103. The second-order valence-corrected chi connectivity index (χ2v) is 7.07. The molecule has 28 heavy (non-hydrogen) atoms. The van der Waals surface area contributed by atoms with Gasteiger partial charge in [0.1, 0.15) is 12.1 Å². The van der Waals surface area contributed by atoms with Gasteiger partial charge in [-0.15, -0.1) is 0 Å². The normalized spacial score (nSPS) is 12.5. The highest BCUT2D eigenvalue weighted by molar-refractivity contribution is 6.05. The van der Waals surface area contributed by atoms with Gasteiger partial charge < -0.3 is 10.1 Å². The Morgan fingerprint density at radius 2 is 1.75 bits per heavy atom. The molecule has 1 aliphatic rings. The molecular weight excluding hydrogens is 353 g/mol. The minimum Gasteiger partial charge on any atom is -0.386 e. The molecule has 4 heteroatoms. The highest BCUT2D eigenvalue weighted by Crippen LogP contribution is 2.30. The lowest BCUT2D eigenvalue weighted by atomic mass is 10.0. The zero-order valence-electron chi connectivity index (χ0n) is 16.0. The van der Waals surface area contributed by atoms with Crippen molar-refractivity contribution >= 4 is 11.9 Å². The molecule has 0 aliphatic heterocycles. The summed E-state index contributed by atoms with van der Waals surface area (Å²) < 4.78 is 18.7. The lowest BCUT2D eigenvalue weighted by Gasteiger charge is -2.12. The fraction of sp³-hybridized carbons (Fsp3) is 0.292. The number of halogens is 1. The van der Waals surface area contributed by atoms with Crippen LogP contribution in [0.15, 0.2) is 66.4 Å². The predicted octanol–water partition coefficient (Wildman–Crippen LogP) is 4.82. The third-order valence-corrected chi connectivity index (χ3v) is 4.80. The third-order valence-electron chi connectivity index (χ3n) is 4.80. The van der Waals surface area contributed by atoms with Crippen LogP contribution in [0.1, 0.15) is 36.0 Å². The molecule has 0 radical (unpaired) electrons. The molecule has 0 amide bonds. The largest absolute Gasteiger partial charge is 0.386 e. The Morgan fingerprint density at radius 3 is 2.39 bits per heavy atom. The first-order valence-electron chi connectivity index (χ1n) is 9.66. The van der Waals surface area contributed by atoms with Crippen LogP contribution in [-0.2, 0) is 22.6 Å². The van der Waals surface area contributed by atoms with Crippen molar-refractivity contribution in [2.75, 3.05) is 13.2 Å². The molecule has 1 N–H and O–H groups in total. The first-order chi connectivity index (χ1) is 13.7. The molecule has 3 nitrogen and oxygen atoms in total. The molecule has 0 unspecified atom stereocenters. The molecule has 146 valence electrons. The number of benzene rings is 2. The van der Waals surface area contributed by atoms with Gasteiger partial charge in [0.15, 0.2) is 0 Å². The maximum Gasteiger partial charge on any atom is 0.150 e. The summed E-state index contributed by atoms with van der Waals surface area (Å²) in [6.07, 6.45) is 5.06. The van der Waals surface area contributed by atoms with Gasteiger partial charge in [-0.05, 0) is 60.1 Å². The highest BCUT2D eigenvalue weighted by atomic mass is 19.1. The van der Waals surface area contributed by atoms with E-state index < -0.39 is 0 Å². The van der Waals surface area contributed by atoms with Gasteiger partial charge in [-0.1, -0.05) is 43.0 Å². The summed E-state index contributed by atoms with van der Waals surface area (Å²) in [5, 5.41) is 3.52. The topological polar surface area (TPSA) is 38.3 Å². The maximum atomic E-state index is 12.9. The molecule has 0 bridgehead atoms. The second-order valence-electron chi connectivity index (χ2n) is 7.07. The molecule has 0 atom stereocenters. The lowest BCUT2D eigenvalue weighted by Crippen LogP contribution is -2.19. The van der Waals surface area contributed by atoms with Crippen molar-refractivity contribution in [2.24, 2.45) is 0 Å². The quantitative estimate of drug-likeness (QED) is 0.345. The number of rotatable bonds is 11. The third kappa shape index (κ3) is 6.17. The minimum atomic E-state index is -0.227. The highest BCUT2D eigenvalue weighted by Gasteiger charge is 2.17. The molecule has 3 rings (SSSR count). The molecule has 0 spiro atoms. The first-order valence-corrected chi connectivity index (χ1v) is 9.66. The van der Waals surface area contributed by atoms with E-state index >= 15 is 0 Å². The fourth-order valence-corrected chi connectivity index (χ4v) is 2.98. The van der Waals surface area contributed by atoms with Gasteiger partial charge >= 0.3 is 0 Å². The van der Waals surface area contributed by atoms with Gasteiger partial charge in [0.2, 0.25) is 0 Å². The monoisotopic (exact) mass is 379 g/mol. The summed E-state index contributed by atoms with van der Waals surface area (Å²) in [5.74, 6) is -0.227. The van der Waals surface area contributed by atoms with Crippen molar-refractivity contribution in [3.8, 4) is 0 Å². The van der Waals surface area contributed by atoms with E-state index in [-0.39, 0.29) is 5.82 Å². The van der Waals surface area contributed by atoms with Gasteiger partial charge in [-0.2, -0.15) is 0 Å². The van der Waals surface area contributed by atoms with Gasteiger partial charge in [-0.25, -0.2) is 4.39 Å². The number of ether oxygens (including phenoxy) is 1. The second kappa shape index (κ2) is 10.00. The average Bonchev–Trinajstić information content (AvgIpc) is 3.56. The summed E-state index contributed by atoms with van der Waals surface area (Å²) in [6.45, 7) is 5.66. The van der Waals surface area contributed by atoms with E-state index in [0.717, 1.165) is 49.6 Å². The van der Waals surface area contributed by atoms with Crippen molar-refractivity contribution in [2.45, 2.75) is 32.3 Å². The summed E-state index contributed by atoms with van der Waals surface area (Å²) in [5.41, 5.74) is 6.24. The molecule has 0 aromatic heterocycles. The number of aldehydes is 1. The first kappa shape index (κ1) is 20.0. The van der Waals surface area contributed by atoms with Crippen LogP contribution in [0, 0.1) is 5.82 Å². The van der Waals surface area contributed by atoms with Crippen molar-refractivity contribution < 1.29 is 13.9 Å². The standard InChI is InChI=1S/C24H26FNO2/c1-18(15-27)21-8-4-19(5-9-21)3-2-14-26-24(22-10-11-22)17-28-16-20-6-12-23(25)13-7-20/h4-9,12-13,15,26H,1-3,10-11,14,16-17H2. The van der Waals surface area contributed by atoms with E-state index in [9.17, 15) is 9.18 Å². The van der Waals surface area contributed by atoms with Gasteiger partial charge in [0, 0.05) is 17.8 Å². The fourth-order valence-electron chi connectivity index (χ4n) is 2.98. The number of hydrogen-bond acceptors (Lipinski definition) is 3. The Morgan fingerprint density at radius 1 is 1.07 bits per heavy atom. The molecule has 1 aliphatic carbocycles. The number of nitrogens with one attached hydrogen (secondary N) is 1. The van der Waals surface area contributed by atoms with E-state index in [1.807, 2.05) is 12.1 Å². The molecule has 2 aromatic carbocycles. The van der Waals surface area contributed by atoms with Gasteiger partial charge in [-0.3, -0.25) is 4.79 Å². The van der Waals surface area contributed by atoms with Gasteiger partial charge in [0.05, 0.1) is 13.2 Å². The van der Waals surface area contributed by atoms with Crippen LogP contribution in [0.25, 0.3) is 5.57 Å². The molecule has 1 fully saturated rings. The van der Waals surface area contributed by atoms with E-state index in [4.69, 9.17) is 4.74 Å². The van der Waals surface area contributed by atoms with Crippen molar-refractivity contribution in [3.05, 3.63) is 88.9 Å². The predicted molar refractivity (Wildman–Crippen MR) is 110 cm³/mol. The van der Waals surface area contributed by atoms with Crippen LogP contribution in [0.3, 0.4) is 0 Å². The summed E-state index contributed by atoms with van der Waals surface area (Å²) in [4.78, 5) is 10.8. The van der Waals surface area contributed by atoms with Crippen molar-refractivity contribution in [1.29, 1.82) is 0 Å². The van der Waals surface area contributed by atoms with E-state index in [1.54, 1.807) is 12.1 Å². The van der Waals surface area contributed by atoms with Gasteiger partial charge in [0.25, 0.3) is 0 Å². The van der Waals surface area contributed by atoms with Crippen LogP contribution >= 0.6 is 0 Å². The van der Waals surface area contributed by atoms with Crippen molar-refractivity contribution in [1.82, 2.24) is 5.32 Å². The van der Waals surface area contributed by atoms with Crippen LogP contribution in [0.2, 0.25) is 0 Å². The minimum absolute atomic E-state index is 0.227. The molecule has 0 saturated heterocycles. The Bertz CT molecular complexity index is 832. The number of allylic oxidation sites excluding steroid dienone is 2. The summed E-state index contributed by atoms with van der Waals surface area (Å²) in [6, 6.07) is 14.4. The zero-order valence-corrected chi connectivity index (χ0v) is 16.0. The Labute approximate surface area is 165 Å².